The molecule has 0 unspecified atom stereocenters. The van der Waals surface area contributed by atoms with E-state index in [-0.39, 0.29) is 17.7 Å². The highest BCUT2D eigenvalue weighted by molar-refractivity contribution is 7.21. The zero-order valence-electron chi connectivity index (χ0n) is 15.3. The molecule has 1 heterocycles. The molecular formula is C22H21ClN2O2S. The Morgan fingerprint density at radius 2 is 1.86 bits per heavy atom. The van der Waals surface area contributed by atoms with E-state index in [0.29, 0.717) is 16.4 Å². The normalized spacial score (nSPS) is 14.3. The largest absolute Gasteiger partial charge is 0.347 e. The summed E-state index contributed by atoms with van der Waals surface area (Å²) in [6, 6.07) is 15.3. The van der Waals surface area contributed by atoms with Crippen LogP contribution in [0.1, 0.15) is 40.9 Å². The van der Waals surface area contributed by atoms with Crippen LogP contribution in [0, 0.1) is 5.92 Å². The van der Waals surface area contributed by atoms with Crippen LogP contribution in [0.2, 0.25) is 5.02 Å². The number of thiophene rings is 1. The van der Waals surface area contributed by atoms with Gasteiger partial charge in [-0.3, -0.25) is 9.59 Å². The second-order valence-electron chi connectivity index (χ2n) is 7.10. The van der Waals surface area contributed by atoms with Gasteiger partial charge in [-0.05, 0) is 36.6 Å². The van der Waals surface area contributed by atoms with E-state index in [1.807, 2.05) is 48.5 Å². The molecule has 2 amide bonds. The number of amides is 2. The average Bonchev–Trinajstić information content (AvgIpc) is 3.35. The van der Waals surface area contributed by atoms with Crippen LogP contribution in [0.5, 0.6) is 0 Å². The summed E-state index contributed by atoms with van der Waals surface area (Å²) in [5.74, 6) is 0.0285. The van der Waals surface area contributed by atoms with E-state index in [4.69, 9.17) is 11.6 Å². The Morgan fingerprint density at radius 1 is 1.07 bits per heavy atom. The molecule has 0 spiro atoms. The van der Waals surface area contributed by atoms with E-state index < -0.39 is 0 Å². The zero-order chi connectivity index (χ0) is 19.5. The highest BCUT2D eigenvalue weighted by Crippen LogP contribution is 2.35. The quantitative estimate of drug-likeness (QED) is 0.571. The number of hydrogen-bond donors (Lipinski definition) is 2. The maximum absolute atomic E-state index is 12.6. The summed E-state index contributed by atoms with van der Waals surface area (Å²) in [6.45, 7) is 0.372. The number of hydrogen-bond acceptors (Lipinski definition) is 3. The van der Waals surface area contributed by atoms with E-state index in [1.165, 1.54) is 11.3 Å². The minimum absolute atomic E-state index is 0.0933. The smallest absolute Gasteiger partial charge is 0.263 e. The Labute approximate surface area is 172 Å². The van der Waals surface area contributed by atoms with E-state index in [1.54, 1.807) is 0 Å². The second kappa shape index (κ2) is 8.33. The molecule has 0 atom stereocenters. The molecule has 2 N–H and O–H groups in total. The lowest BCUT2D eigenvalue weighted by atomic mass is 10.1. The number of carbonyl (C=O) groups is 2. The topological polar surface area (TPSA) is 58.2 Å². The standard InChI is InChI=1S/C22H21ClN2O2S/c23-19-17-10-3-4-11-18(17)28-20(19)22(27)24-13-14-6-5-9-16(12-14)25-21(26)15-7-1-2-8-15/h3-6,9-12,15H,1-2,7-8,13H2,(H,24,27)(H,25,26). The lowest BCUT2D eigenvalue weighted by Gasteiger charge is -2.11. The van der Waals surface area contributed by atoms with Gasteiger partial charge in [0.05, 0.1) is 5.02 Å². The van der Waals surface area contributed by atoms with Gasteiger partial charge in [0.1, 0.15) is 4.88 Å². The zero-order valence-corrected chi connectivity index (χ0v) is 16.9. The van der Waals surface area contributed by atoms with Crippen molar-refractivity contribution in [2.75, 3.05) is 5.32 Å². The molecule has 0 radical (unpaired) electrons. The molecule has 28 heavy (non-hydrogen) atoms. The van der Waals surface area contributed by atoms with E-state index in [9.17, 15) is 9.59 Å². The third kappa shape index (κ3) is 4.05. The third-order valence-corrected chi connectivity index (χ3v) is 6.79. The molecule has 6 heteroatoms. The fourth-order valence-corrected chi connectivity index (χ4v) is 5.05. The van der Waals surface area contributed by atoms with Gasteiger partial charge in [0.15, 0.2) is 0 Å². The molecule has 1 saturated carbocycles. The van der Waals surface area contributed by atoms with Crippen molar-refractivity contribution in [2.24, 2.45) is 5.92 Å². The van der Waals surface area contributed by atoms with Gasteiger partial charge in [-0.25, -0.2) is 0 Å². The van der Waals surface area contributed by atoms with Crippen LogP contribution in [0.25, 0.3) is 10.1 Å². The summed E-state index contributed by atoms with van der Waals surface area (Å²) in [4.78, 5) is 25.4. The van der Waals surface area contributed by atoms with E-state index in [2.05, 4.69) is 10.6 Å². The molecule has 1 aliphatic rings. The van der Waals surface area contributed by atoms with Gasteiger partial charge in [0.2, 0.25) is 5.91 Å². The van der Waals surface area contributed by atoms with Crippen molar-refractivity contribution in [3.8, 4) is 0 Å². The number of benzene rings is 2. The van der Waals surface area contributed by atoms with Gasteiger partial charge in [-0.1, -0.05) is 54.8 Å². The Morgan fingerprint density at radius 3 is 2.64 bits per heavy atom. The van der Waals surface area contributed by atoms with Gasteiger partial charge in [0, 0.05) is 28.2 Å². The van der Waals surface area contributed by atoms with Crippen molar-refractivity contribution < 1.29 is 9.59 Å². The number of halogens is 1. The minimum Gasteiger partial charge on any atom is -0.347 e. The van der Waals surface area contributed by atoms with Crippen LogP contribution in [0.4, 0.5) is 5.69 Å². The summed E-state index contributed by atoms with van der Waals surface area (Å²) < 4.78 is 0.995. The maximum atomic E-state index is 12.6. The molecule has 1 aromatic heterocycles. The van der Waals surface area contributed by atoms with Gasteiger partial charge in [0.25, 0.3) is 5.91 Å². The summed E-state index contributed by atoms with van der Waals surface area (Å²) in [7, 11) is 0. The number of nitrogens with one attached hydrogen (secondary N) is 2. The Hall–Kier alpha value is -2.37. The third-order valence-electron chi connectivity index (χ3n) is 5.11. The monoisotopic (exact) mass is 412 g/mol. The van der Waals surface area contributed by atoms with Crippen LogP contribution in [-0.2, 0) is 11.3 Å². The molecule has 0 bridgehead atoms. The van der Waals surface area contributed by atoms with Gasteiger partial charge >= 0.3 is 0 Å². The van der Waals surface area contributed by atoms with Crippen LogP contribution >= 0.6 is 22.9 Å². The summed E-state index contributed by atoms with van der Waals surface area (Å²) >= 11 is 7.77. The maximum Gasteiger partial charge on any atom is 0.263 e. The summed E-state index contributed by atoms with van der Waals surface area (Å²) in [5, 5.41) is 7.32. The van der Waals surface area contributed by atoms with Crippen LogP contribution in [0.3, 0.4) is 0 Å². The molecule has 2 aromatic carbocycles. The van der Waals surface area contributed by atoms with Crippen LogP contribution in [0.15, 0.2) is 48.5 Å². The van der Waals surface area contributed by atoms with E-state index in [0.717, 1.165) is 47.0 Å². The van der Waals surface area contributed by atoms with Crippen molar-refractivity contribution in [2.45, 2.75) is 32.2 Å². The summed E-state index contributed by atoms with van der Waals surface area (Å²) in [6.07, 6.45) is 4.20. The predicted molar refractivity (Wildman–Crippen MR) is 115 cm³/mol. The van der Waals surface area contributed by atoms with Gasteiger partial charge in [-0.15, -0.1) is 11.3 Å². The first kappa shape index (κ1) is 19.0. The molecular weight excluding hydrogens is 392 g/mol. The fraction of sp³-hybridized carbons (Fsp3) is 0.273. The molecule has 0 saturated heterocycles. The molecule has 3 aromatic rings. The molecule has 1 aliphatic carbocycles. The Bertz CT molecular complexity index is 1020. The highest BCUT2D eigenvalue weighted by Gasteiger charge is 2.22. The lowest BCUT2D eigenvalue weighted by Crippen LogP contribution is -2.22. The van der Waals surface area contributed by atoms with Crippen molar-refractivity contribution >= 4 is 50.5 Å². The first-order valence-corrected chi connectivity index (χ1v) is 10.7. The first-order chi connectivity index (χ1) is 13.6. The summed E-state index contributed by atoms with van der Waals surface area (Å²) in [5.41, 5.74) is 1.69. The van der Waals surface area contributed by atoms with Crippen molar-refractivity contribution in [1.29, 1.82) is 0 Å². The molecule has 1 fully saturated rings. The molecule has 0 aliphatic heterocycles. The van der Waals surface area contributed by atoms with Crippen molar-refractivity contribution in [3.63, 3.8) is 0 Å². The lowest BCUT2D eigenvalue weighted by molar-refractivity contribution is -0.119. The van der Waals surface area contributed by atoms with Crippen LogP contribution < -0.4 is 10.6 Å². The van der Waals surface area contributed by atoms with Gasteiger partial charge in [-0.2, -0.15) is 0 Å². The first-order valence-electron chi connectivity index (χ1n) is 9.47. The highest BCUT2D eigenvalue weighted by atomic mass is 35.5. The van der Waals surface area contributed by atoms with Gasteiger partial charge < -0.3 is 10.6 Å². The Balaban J connectivity index is 1.41. The fourth-order valence-electron chi connectivity index (χ4n) is 3.61. The number of fused-ring (bicyclic) bond motifs is 1. The number of carbonyl (C=O) groups excluding carboxylic acids is 2. The second-order valence-corrected chi connectivity index (χ2v) is 8.53. The van der Waals surface area contributed by atoms with Crippen molar-refractivity contribution in [1.82, 2.24) is 5.32 Å². The molecule has 4 rings (SSSR count). The molecule has 4 nitrogen and oxygen atoms in total. The average molecular weight is 413 g/mol. The van der Waals surface area contributed by atoms with Crippen LogP contribution in [-0.4, -0.2) is 11.8 Å². The predicted octanol–water partition coefficient (Wildman–Crippen LogP) is 5.61. The molecule has 144 valence electrons. The number of rotatable bonds is 5. The SMILES string of the molecule is O=C(NCc1cccc(NC(=O)C2CCCC2)c1)c1sc2ccccc2c1Cl. The Kier molecular flexibility index (Phi) is 5.64. The van der Waals surface area contributed by atoms with E-state index >= 15 is 0 Å². The van der Waals surface area contributed by atoms with Crippen molar-refractivity contribution in [3.05, 3.63) is 64.0 Å². The number of anilines is 1. The minimum atomic E-state index is -0.188.